The normalized spacial score (nSPS) is 14.4. The van der Waals surface area contributed by atoms with E-state index in [0.717, 1.165) is 0 Å². The van der Waals surface area contributed by atoms with Gasteiger partial charge in [-0.25, -0.2) is 8.42 Å². The zero-order chi connectivity index (χ0) is 12.9. The quantitative estimate of drug-likeness (QED) is 0.731. The van der Waals surface area contributed by atoms with Gasteiger partial charge in [-0.15, -0.1) is 0 Å². The van der Waals surface area contributed by atoms with Crippen molar-refractivity contribution in [2.24, 2.45) is 5.92 Å². The Kier molecular flexibility index (Phi) is 6.18. The zero-order valence-corrected chi connectivity index (χ0v) is 11.6. The molecule has 0 aliphatic carbocycles. The second kappa shape index (κ2) is 6.35. The zero-order valence-electron chi connectivity index (χ0n) is 10.8. The Balaban J connectivity index is 4.50. The highest BCUT2D eigenvalue weighted by molar-refractivity contribution is 7.90. The average Bonchev–Trinajstić information content (AvgIpc) is 2.08. The molecule has 0 saturated carbocycles. The minimum atomic E-state index is -3.01. The van der Waals surface area contributed by atoms with E-state index in [1.165, 1.54) is 6.26 Å². The Morgan fingerprint density at radius 3 is 2.00 bits per heavy atom. The topological polar surface area (TPSA) is 63.2 Å². The first-order chi connectivity index (χ1) is 7.13. The molecule has 0 bridgehead atoms. The van der Waals surface area contributed by atoms with Gasteiger partial charge in [0.05, 0.1) is 11.8 Å². The SMILES string of the molecule is CC(C)N[C@@H](CCS(C)(=O)=O)C(=O)C(C)C. The molecule has 4 nitrogen and oxygen atoms in total. The third-order valence-corrected chi connectivity index (χ3v) is 3.20. The molecule has 1 N–H and O–H groups in total. The number of Topliss-reactive ketones (excluding diaryl/α,β-unsaturated/α-hetero) is 1. The lowest BCUT2D eigenvalue weighted by Gasteiger charge is -2.21. The molecule has 0 spiro atoms. The van der Waals surface area contributed by atoms with Crippen molar-refractivity contribution >= 4 is 15.6 Å². The molecule has 0 heterocycles. The van der Waals surface area contributed by atoms with Gasteiger partial charge in [0, 0.05) is 18.2 Å². The van der Waals surface area contributed by atoms with Crippen molar-refractivity contribution in [3.63, 3.8) is 0 Å². The lowest BCUT2D eigenvalue weighted by molar-refractivity contribution is -0.124. The van der Waals surface area contributed by atoms with Gasteiger partial charge in [0.25, 0.3) is 0 Å². The molecule has 0 rings (SSSR count). The number of sulfone groups is 1. The fraction of sp³-hybridized carbons (Fsp3) is 0.909. The average molecular weight is 249 g/mol. The van der Waals surface area contributed by atoms with Gasteiger partial charge in [0.15, 0.2) is 5.78 Å². The summed E-state index contributed by atoms with van der Waals surface area (Å²) in [5.41, 5.74) is 0. The molecule has 0 aromatic rings. The van der Waals surface area contributed by atoms with Gasteiger partial charge in [-0.2, -0.15) is 0 Å². The van der Waals surface area contributed by atoms with E-state index < -0.39 is 9.84 Å². The van der Waals surface area contributed by atoms with E-state index in [4.69, 9.17) is 0 Å². The Morgan fingerprint density at radius 1 is 1.19 bits per heavy atom. The first-order valence-corrected chi connectivity index (χ1v) is 7.67. The van der Waals surface area contributed by atoms with Crippen LogP contribution >= 0.6 is 0 Å². The lowest BCUT2D eigenvalue weighted by atomic mass is 9.99. The molecule has 0 aromatic carbocycles. The Labute approximate surface area is 98.7 Å². The van der Waals surface area contributed by atoms with E-state index >= 15 is 0 Å². The van der Waals surface area contributed by atoms with Crippen molar-refractivity contribution < 1.29 is 13.2 Å². The van der Waals surface area contributed by atoms with E-state index in [1.807, 2.05) is 27.7 Å². The summed E-state index contributed by atoms with van der Waals surface area (Å²) in [6.45, 7) is 7.55. The van der Waals surface area contributed by atoms with Crippen LogP contribution in [-0.2, 0) is 14.6 Å². The molecule has 0 unspecified atom stereocenters. The van der Waals surface area contributed by atoms with Gasteiger partial charge in [-0.3, -0.25) is 4.79 Å². The third kappa shape index (κ3) is 6.95. The summed E-state index contributed by atoms with van der Waals surface area (Å²) in [7, 11) is -3.01. The standard InChI is InChI=1S/C11H23NO3S/c1-8(2)11(13)10(12-9(3)4)6-7-16(5,14)15/h8-10,12H,6-7H2,1-5H3/t10-/m0/s1. The molecule has 16 heavy (non-hydrogen) atoms. The van der Waals surface area contributed by atoms with Crippen molar-refractivity contribution in [3.8, 4) is 0 Å². The number of carbonyl (C=O) groups is 1. The molecule has 0 aliphatic heterocycles. The van der Waals surface area contributed by atoms with Crippen LogP contribution in [0.1, 0.15) is 34.1 Å². The Hall–Kier alpha value is -0.420. The van der Waals surface area contributed by atoms with Crippen LogP contribution in [0.25, 0.3) is 0 Å². The lowest BCUT2D eigenvalue weighted by Crippen LogP contribution is -2.43. The molecular formula is C11H23NO3S. The minimum absolute atomic E-state index is 0.0514. The molecule has 96 valence electrons. The Morgan fingerprint density at radius 2 is 1.69 bits per heavy atom. The highest BCUT2D eigenvalue weighted by atomic mass is 32.2. The predicted molar refractivity (Wildman–Crippen MR) is 66.2 cm³/mol. The molecule has 0 radical (unpaired) electrons. The van der Waals surface area contributed by atoms with Crippen molar-refractivity contribution in [2.75, 3.05) is 12.0 Å². The monoisotopic (exact) mass is 249 g/mol. The first kappa shape index (κ1) is 15.6. The van der Waals surface area contributed by atoms with Gasteiger partial charge in [-0.05, 0) is 6.42 Å². The third-order valence-electron chi connectivity index (χ3n) is 2.22. The van der Waals surface area contributed by atoms with E-state index in [0.29, 0.717) is 6.42 Å². The molecule has 0 aliphatic rings. The van der Waals surface area contributed by atoms with E-state index in [9.17, 15) is 13.2 Å². The number of carbonyl (C=O) groups excluding carboxylic acids is 1. The summed E-state index contributed by atoms with van der Waals surface area (Å²) in [5.74, 6) is 0.0590. The summed E-state index contributed by atoms with van der Waals surface area (Å²) < 4.78 is 22.1. The number of nitrogens with one attached hydrogen (secondary N) is 1. The largest absolute Gasteiger partial charge is 0.305 e. The van der Waals surface area contributed by atoms with Crippen LogP contribution in [-0.4, -0.2) is 38.3 Å². The maximum absolute atomic E-state index is 11.8. The molecule has 5 heteroatoms. The van der Waals surface area contributed by atoms with Crippen LogP contribution in [0, 0.1) is 5.92 Å². The van der Waals surface area contributed by atoms with Gasteiger partial charge < -0.3 is 5.32 Å². The maximum atomic E-state index is 11.8. The van der Waals surface area contributed by atoms with Crippen LogP contribution < -0.4 is 5.32 Å². The van der Waals surface area contributed by atoms with Crippen LogP contribution in [0.2, 0.25) is 0 Å². The second-order valence-electron chi connectivity index (χ2n) is 4.85. The summed E-state index contributed by atoms with van der Waals surface area (Å²) in [4.78, 5) is 11.8. The Bertz CT molecular complexity index is 320. The number of rotatable bonds is 7. The summed E-state index contributed by atoms with van der Waals surface area (Å²) in [6, 6.07) is -0.179. The summed E-state index contributed by atoms with van der Waals surface area (Å²) in [6.07, 6.45) is 1.55. The minimum Gasteiger partial charge on any atom is -0.305 e. The van der Waals surface area contributed by atoms with Gasteiger partial charge >= 0.3 is 0 Å². The van der Waals surface area contributed by atoms with Crippen molar-refractivity contribution in [3.05, 3.63) is 0 Å². The van der Waals surface area contributed by atoms with Gasteiger partial charge in [0.1, 0.15) is 9.84 Å². The fourth-order valence-electron chi connectivity index (χ4n) is 1.44. The van der Waals surface area contributed by atoms with Gasteiger partial charge in [-0.1, -0.05) is 27.7 Å². The number of ketones is 1. The van der Waals surface area contributed by atoms with Crippen LogP contribution in [0.15, 0.2) is 0 Å². The smallest absolute Gasteiger partial charge is 0.152 e. The van der Waals surface area contributed by atoms with E-state index in [-0.39, 0.29) is 29.5 Å². The molecule has 0 aromatic heterocycles. The number of hydrogen-bond donors (Lipinski definition) is 1. The van der Waals surface area contributed by atoms with Gasteiger partial charge in [0.2, 0.25) is 0 Å². The first-order valence-electron chi connectivity index (χ1n) is 5.61. The van der Waals surface area contributed by atoms with E-state index in [2.05, 4.69) is 5.32 Å². The molecule has 0 fully saturated rings. The summed E-state index contributed by atoms with van der Waals surface area (Å²) in [5, 5.41) is 3.12. The number of hydrogen-bond acceptors (Lipinski definition) is 4. The van der Waals surface area contributed by atoms with Crippen LogP contribution in [0.5, 0.6) is 0 Å². The van der Waals surface area contributed by atoms with Crippen molar-refractivity contribution in [1.82, 2.24) is 5.32 Å². The van der Waals surface area contributed by atoms with Crippen LogP contribution in [0.3, 0.4) is 0 Å². The maximum Gasteiger partial charge on any atom is 0.152 e. The van der Waals surface area contributed by atoms with Crippen LogP contribution in [0.4, 0.5) is 0 Å². The predicted octanol–water partition coefficient (Wildman–Crippen LogP) is 1.01. The highest BCUT2D eigenvalue weighted by Crippen LogP contribution is 2.06. The second-order valence-corrected chi connectivity index (χ2v) is 7.11. The molecule has 0 saturated heterocycles. The van der Waals surface area contributed by atoms with Crippen molar-refractivity contribution in [1.29, 1.82) is 0 Å². The summed E-state index contributed by atoms with van der Waals surface area (Å²) >= 11 is 0. The van der Waals surface area contributed by atoms with Crippen molar-refractivity contribution in [2.45, 2.75) is 46.2 Å². The highest BCUT2D eigenvalue weighted by Gasteiger charge is 2.22. The molecular weight excluding hydrogens is 226 g/mol. The molecule has 1 atom stereocenters. The molecule has 0 amide bonds. The van der Waals surface area contributed by atoms with E-state index in [1.54, 1.807) is 0 Å². The fourth-order valence-corrected chi connectivity index (χ4v) is 2.11.